The predicted octanol–water partition coefficient (Wildman–Crippen LogP) is 5.26. The summed E-state index contributed by atoms with van der Waals surface area (Å²) in [5, 5.41) is 2.15. The Morgan fingerprint density at radius 2 is 2.00 bits per heavy atom. The number of nitrogens with zero attached hydrogens (tertiary/aromatic N) is 2. The minimum Gasteiger partial charge on any atom is -0.497 e. The van der Waals surface area contributed by atoms with E-state index in [1.807, 2.05) is 18.2 Å². The molecule has 0 amide bonds. The van der Waals surface area contributed by atoms with Crippen molar-refractivity contribution in [2.75, 3.05) is 20.8 Å². The zero-order chi connectivity index (χ0) is 21.1. The molecule has 0 spiro atoms. The minimum atomic E-state index is 0.202. The van der Waals surface area contributed by atoms with E-state index in [1.165, 1.54) is 11.1 Å². The lowest BCUT2D eigenvalue weighted by Gasteiger charge is -2.16. The third-order valence-electron chi connectivity index (χ3n) is 5.46. The first-order chi connectivity index (χ1) is 14.6. The molecule has 2 aromatic carbocycles. The first kappa shape index (κ1) is 20.7. The van der Waals surface area contributed by atoms with Gasteiger partial charge in [-0.1, -0.05) is 17.7 Å². The van der Waals surface area contributed by atoms with Crippen molar-refractivity contribution in [1.82, 2.24) is 4.57 Å². The molecule has 1 aliphatic rings. The zero-order valence-electron chi connectivity index (χ0n) is 18.0. The van der Waals surface area contributed by atoms with Crippen LogP contribution in [0.5, 0.6) is 11.5 Å². The van der Waals surface area contributed by atoms with E-state index in [9.17, 15) is 0 Å². The molecular formula is C24H28N2O3S. The van der Waals surface area contributed by atoms with Gasteiger partial charge in [-0.25, -0.2) is 4.99 Å². The quantitative estimate of drug-likeness (QED) is 0.542. The van der Waals surface area contributed by atoms with Gasteiger partial charge >= 0.3 is 0 Å². The molecule has 1 aromatic heterocycles. The SMILES string of the molecule is COc1ccc(OC)c(-c2csc(=Nc3ccc(C)cc3C)n2CC2CCCO2)c1. The summed E-state index contributed by atoms with van der Waals surface area (Å²) in [6, 6.07) is 12.3. The second kappa shape index (κ2) is 9.06. The zero-order valence-corrected chi connectivity index (χ0v) is 18.8. The van der Waals surface area contributed by atoms with Gasteiger partial charge in [0.1, 0.15) is 11.5 Å². The second-order valence-corrected chi connectivity index (χ2v) is 8.45. The molecule has 0 saturated carbocycles. The Bertz CT molecular complexity index is 1090. The van der Waals surface area contributed by atoms with Gasteiger partial charge in [0.2, 0.25) is 0 Å². The van der Waals surface area contributed by atoms with Crippen molar-refractivity contribution in [2.24, 2.45) is 4.99 Å². The van der Waals surface area contributed by atoms with Gasteiger partial charge < -0.3 is 18.8 Å². The smallest absolute Gasteiger partial charge is 0.190 e. The second-order valence-electron chi connectivity index (χ2n) is 7.62. The van der Waals surface area contributed by atoms with Crippen LogP contribution >= 0.6 is 11.3 Å². The van der Waals surface area contributed by atoms with Crippen molar-refractivity contribution >= 4 is 17.0 Å². The Labute approximate surface area is 181 Å². The molecule has 6 heteroatoms. The van der Waals surface area contributed by atoms with Gasteiger partial charge in [0.15, 0.2) is 4.80 Å². The van der Waals surface area contributed by atoms with Gasteiger partial charge in [-0.3, -0.25) is 0 Å². The number of rotatable bonds is 6. The fourth-order valence-corrected chi connectivity index (χ4v) is 4.77. The maximum Gasteiger partial charge on any atom is 0.190 e. The highest BCUT2D eigenvalue weighted by Crippen LogP contribution is 2.34. The van der Waals surface area contributed by atoms with E-state index in [0.717, 1.165) is 59.2 Å². The van der Waals surface area contributed by atoms with Crippen LogP contribution in [0.3, 0.4) is 0 Å². The summed E-state index contributed by atoms with van der Waals surface area (Å²) in [6.07, 6.45) is 2.38. The third kappa shape index (κ3) is 4.30. The third-order valence-corrected chi connectivity index (χ3v) is 6.32. The Morgan fingerprint density at radius 3 is 2.70 bits per heavy atom. The van der Waals surface area contributed by atoms with Crippen LogP contribution in [0.1, 0.15) is 24.0 Å². The van der Waals surface area contributed by atoms with Crippen molar-refractivity contribution < 1.29 is 14.2 Å². The van der Waals surface area contributed by atoms with E-state index in [2.05, 4.69) is 42.0 Å². The Kier molecular flexibility index (Phi) is 6.25. The monoisotopic (exact) mass is 424 g/mol. The number of aromatic nitrogens is 1. The molecule has 4 rings (SSSR count). The number of methoxy groups -OCH3 is 2. The summed E-state index contributed by atoms with van der Waals surface area (Å²) in [6.45, 7) is 5.81. The average molecular weight is 425 g/mol. The molecule has 0 radical (unpaired) electrons. The summed E-state index contributed by atoms with van der Waals surface area (Å²) >= 11 is 1.64. The first-order valence-electron chi connectivity index (χ1n) is 10.2. The van der Waals surface area contributed by atoms with Crippen molar-refractivity contribution in [3.8, 4) is 22.8 Å². The van der Waals surface area contributed by atoms with Crippen LogP contribution in [0.2, 0.25) is 0 Å². The molecule has 0 bridgehead atoms. The molecular weight excluding hydrogens is 396 g/mol. The number of hydrogen-bond acceptors (Lipinski definition) is 5. The van der Waals surface area contributed by atoms with E-state index < -0.39 is 0 Å². The summed E-state index contributed by atoms with van der Waals surface area (Å²) in [4.78, 5) is 5.98. The van der Waals surface area contributed by atoms with Gasteiger partial charge in [0.05, 0.1) is 38.2 Å². The Morgan fingerprint density at radius 1 is 1.13 bits per heavy atom. The molecule has 5 nitrogen and oxygen atoms in total. The van der Waals surface area contributed by atoms with Crippen molar-refractivity contribution in [3.05, 3.63) is 57.7 Å². The van der Waals surface area contributed by atoms with Crippen molar-refractivity contribution in [2.45, 2.75) is 39.3 Å². The lowest BCUT2D eigenvalue weighted by molar-refractivity contribution is 0.0968. The van der Waals surface area contributed by atoms with E-state index in [4.69, 9.17) is 19.2 Å². The van der Waals surface area contributed by atoms with E-state index in [0.29, 0.717) is 0 Å². The largest absolute Gasteiger partial charge is 0.497 e. The molecule has 2 heterocycles. The molecule has 1 aliphatic heterocycles. The van der Waals surface area contributed by atoms with Gasteiger partial charge in [0.25, 0.3) is 0 Å². The average Bonchev–Trinajstić information content (AvgIpc) is 3.40. The lowest BCUT2D eigenvalue weighted by atomic mass is 10.1. The van der Waals surface area contributed by atoms with Crippen LogP contribution in [-0.4, -0.2) is 31.5 Å². The highest BCUT2D eigenvalue weighted by atomic mass is 32.1. The van der Waals surface area contributed by atoms with Gasteiger partial charge in [-0.15, -0.1) is 11.3 Å². The molecule has 1 saturated heterocycles. The first-order valence-corrected chi connectivity index (χ1v) is 11.1. The Balaban J connectivity index is 1.86. The van der Waals surface area contributed by atoms with E-state index in [-0.39, 0.29) is 6.10 Å². The number of benzene rings is 2. The molecule has 0 aliphatic carbocycles. The fourth-order valence-electron chi connectivity index (χ4n) is 3.85. The van der Waals surface area contributed by atoms with Gasteiger partial charge in [-0.05, 0) is 56.5 Å². The van der Waals surface area contributed by atoms with Crippen molar-refractivity contribution in [3.63, 3.8) is 0 Å². The Hall–Kier alpha value is -2.57. The summed E-state index contributed by atoms with van der Waals surface area (Å²) in [7, 11) is 3.38. The summed E-state index contributed by atoms with van der Waals surface area (Å²) in [5.41, 5.74) is 5.47. The number of thiazole rings is 1. The maximum absolute atomic E-state index is 5.95. The van der Waals surface area contributed by atoms with Crippen LogP contribution in [0.25, 0.3) is 11.3 Å². The van der Waals surface area contributed by atoms with Crippen LogP contribution in [-0.2, 0) is 11.3 Å². The highest BCUT2D eigenvalue weighted by molar-refractivity contribution is 7.07. The van der Waals surface area contributed by atoms with Crippen LogP contribution < -0.4 is 14.3 Å². The molecule has 1 fully saturated rings. The summed E-state index contributed by atoms with van der Waals surface area (Å²) in [5.74, 6) is 1.61. The topological polar surface area (TPSA) is 45.0 Å². The van der Waals surface area contributed by atoms with Gasteiger partial charge in [-0.2, -0.15) is 0 Å². The van der Waals surface area contributed by atoms with Crippen LogP contribution in [0.15, 0.2) is 46.8 Å². The fraction of sp³-hybridized carbons (Fsp3) is 0.375. The predicted molar refractivity (Wildman–Crippen MR) is 121 cm³/mol. The van der Waals surface area contributed by atoms with Crippen LogP contribution in [0.4, 0.5) is 5.69 Å². The number of aryl methyl sites for hydroxylation is 2. The van der Waals surface area contributed by atoms with Crippen molar-refractivity contribution in [1.29, 1.82) is 0 Å². The highest BCUT2D eigenvalue weighted by Gasteiger charge is 2.21. The van der Waals surface area contributed by atoms with E-state index >= 15 is 0 Å². The maximum atomic E-state index is 5.95. The molecule has 3 aromatic rings. The van der Waals surface area contributed by atoms with Gasteiger partial charge in [0, 0.05) is 17.6 Å². The molecule has 0 N–H and O–H groups in total. The molecule has 1 unspecified atom stereocenters. The van der Waals surface area contributed by atoms with E-state index in [1.54, 1.807) is 25.6 Å². The normalized spacial score (nSPS) is 16.8. The molecule has 30 heavy (non-hydrogen) atoms. The molecule has 158 valence electrons. The van der Waals surface area contributed by atoms with Crippen LogP contribution in [0, 0.1) is 13.8 Å². The standard InChI is InChI=1S/C24H28N2O3S/c1-16-7-9-21(17(2)12-16)25-24-26(14-19-6-5-11-29-19)22(15-30-24)20-13-18(27-3)8-10-23(20)28-4/h7-10,12-13,15,19H,5-6,11,14H2,1-4H3. The lowest BCUT2D eigenvalue weighted by Crippen LogP contribution is -2.24. The number of hydrogen-bond donors (Lipinski definition) is 0. The summed E-state index contributed by atoms with van der Waals surface area (Å²) < 4.78 is 19.3. The minimum absolute atomic E-state index is 0.202. The number of ether oxygens (including phenoxy) is 3. The molecule has 1 atom stereocenters.